The monoisotopic (exact) mass is 98.1 g/mol. The fourth-order valence-corrected chi connectivity index (χ4v) is 0.707. The van der Waals surface area contributed by atoms with Crippen molar-refractivity contribution < 1.29 is 0 Å². The number of rotatable bonds is 1. The molecule has 0 aromatic rings. The van der Waals surface area contributed by atoms with E-state index in [9.17, 15) is 0 Å². The van der Waals surface area contributed by atoms with Crippen LogP contribution in [0.5, 0.6) is 0 Å². The van der Waals surface area contributed by atoms with E-state index >= 15 is 0 Å². The molecule has 6 heavy (non-hydrogen) atoms. The molecule has 0 fully saturated rings. The SMILES string of the molecule is C=C=C[SiH](C)C. The lowest BCUT2D eigenvalue weighted by Crippen LogP contribution is -1.89. The van der Waals surface area contributed by atoms with Gasteiger partial charge in [0.25, 0.3) is 0 Å². The van der Waals surface area contributed by atoms with E-state index in [1.807, 2.05) is 0 Å². The van der Waals surface area contributed by atoms with Crippen molar-refractivity contribution in [1.82, 2.24) is 0 Å². The van der Waals surface area contributed by atoms with Crippen molar-refractivity contribution in [3.63, 3.8) is 0 Å². The van der Waals surface area contributed by atoms with Gasteiger partial charge in [0, 0.05) is 0 Å². The van der Waals surface area contributed by atoms with Crippen LogP contribution in [-0.2, 0) is 0 Å². The van der Waals surface area contributed by atoms with Crippen LogP contribution in [0.2, 0.25) is 13.1 Å². The van der Waals surface area contributed by atoms with Crippen LogP contribution in [0.25, 0.3) is 0 Å². The van der Waals surface area contributed by atoms with E-state index < -0.39 is 8.80 Å². The standard InChI is InChI=1S/C5H10Si/c1-4-5-6(2)3/h5-6H,1H2,2-3H3. The fraction of sp³-hybridized carbons (Fsp3) is 0.400. The molecule has 0 aromatic heterocycles. The summed E-state index contributed by atoms with van der Waals surface area (Å²) < 4.78 is 0. The molecule has 0 heterocycles. The molecular formula is C5H10Si. The van der Waals surface area contributed by atoms with E-state index in [1.165, 1.54) is 0 Å². The Balaban J connectivity index is 3.29. The highest BCUT2D eigenvalue weighted by Gasteiger charge is 1.79. The predicted molar refractivity (Wildman–Crippen MR) is 32.6 cm³/mol. The smallest absolute Gasteiger partial charge is 0.0652 e. The second-order valence-corrected chi connectivity index (χ2v) is 4.44. The van der Waals surface area contributed by atoms with Gasteiger partial charge in [-0.15, -0.1) is 5.73 Å². The maximum Gasteiger partial charge on any atom is 0.0652 e. The molecule has 0 N–H and O–H groups in total. The summed E-state index contributed by atoms with van der Waals surface area (Å²) in [4.78, 5) is 0. The second kappa shape index (κ2) is 2.95. The molecule has 0 aliphatic rings. The van der Waals surface area contributed by atoms with E-state index in [0.29, 0.717) is 0 Å². The van der Waals surface area contributed by atoms with Gasteiger partial charge in [-0.25, -0.2) is 0 Å². The average Bonchev–Trinajstić information content (AvgIpc) is 1.35. The van der Waals surface area contributed by atoms with E-state index in [4.69, 9.17) is 0 Å². The molecule has 0 bridgehead atoms. The third-order valence-corrected chi connectivity index (χ3v) is 1.35. The first-order valence-electron chi connectivity index (χ1n) is 2.13. The highest BCUT2D eigenvalue weighted by atomic mass is 28.3. The Labute approximate surface area is 40.8 Å². The van der Waals surface area contributed by atoms with Gasteiger partial charge >= 0.3 is 0 Å². The summed E-state index contributed by atoms with van der Waals surface area (Å²) >= 11 is 0. The molecular weight excluding hydrogens is 88.1 g/mol. The third kappa shape index (κ3) is 3.74. The van der Waals surface area contributed by atoms with Gasteiger partial charge in [-0.05, 0) is 0 Å². The third-order valence-electron chi connectivity index (χ3n) is 0.451. The van der Waals surface area contributed by atoms with Gasteiger partial charge in [-0.1, -0.05) is 25.4 Å². The molecule has 0 spiro atoms. The Kier molecular flexibility index (Phi) is 2.82. The summed E-state index contributed by atoms with van der Waals surface area (Å²) in [6.07, 6.45) is 0. The molecule has 0 amide bonds. The molecule has 0 saturated carbocycles. The molecule has 0 rings (SSSR count). The first-order chi connectivity index (χ1) is 2.77. The molecule has 0 aliphatic carbocycles. The van der Waals surface area contributed by atoms with E-state index in [2.05, 4.69) is 31.1 Å². The minimum Gasteiger partial charge on any atom is -0.138 e. The van der Waals surface area contributed by atoms with Crippen molar-refractivity contribution >= 4 is 8.80 Å². The Morgan fingerprint density at radius 2 is 2.17 bits per heavy atom. The van der Waals surface area contributed by atoms with Gasteiger partial charge in [0.2, 0.25) is 0 Å². The zero-order valence-corrected chi connectivity index (χ0v) is 5.52. The Hall–Kier alpha value is -0.263. The van der Waals surface area contributed by atoms with Crippen LogP contribution in [0.3, 0.4) is 0 Å². The highest BCUT2D eigenvalue weighted by molar-refractivity contribution is 6.61. The van der Waals surface area contributed by atoms with Gasteiger partial charge in [0.1, 0.15) is 0 Å². The van der Waals surface area contributed by atoms with E-state index in [0.717, 1.165) is 0 Å². The Morgan fingerprint density at radius 3 is 2.17 bits per heavy atom. The van der Waals surface area contributed by atoms with E-state index in [-0.39, 0.29) is 0 Å². The summed E-state index contributed by atoms with van der Waals surface area (Å²) in [5.74, 6) is 0. The highest BCUT2D eigenvalue weighted by Crippen LogP contribution is 1.75. The van der Waals surface area contributed by atoms with Gasteiger partial charge in [0.05, 0.1) is 8.80 Å². The molecule has 0 aliphatic heterocycles. The Bertz CT molecular complexity index is 68.0. The minimum absolute atomic E-state index is 0.469. The van der Waals surface area contributed by atoms with Crippen LogP contribution < -0.4 is 0 Å². The molecule has 0 atom stereocenters. The van der Waals surface area contributed by atoms with Gasteiger partial charge < -0.3 is 0 Å². The van der Waals surface area contributed by atoms with Crippen LogP contribution in [0, 0.1) is 0 Å². The maximum atomic E-state index is 3.46. The van der Waals surface area contributed by atoms with Crippen LogP contribution in [0.4, 0.5) is 0 Å². The lowest BCUT2D eigenvalue weighted by atomic mass is 11.0. The van der Waals surface area contributed by atoms with Crippen LogP contribution in [-0.4, -0.2) is 8.80 Å². The van der Waals surface area contributed by atoms with Crippen LogP contribution in [0.15, 0.2) is 18.0 Å². The normalized spacial score (nSPS) is 7.83. The molecule has 0 radical (unpaired) electrons. The largest absolute Gasteiger partial charge is 0.138 e. The topological polar surface area (TPSA) is 0 Å². The van der Waals surface area contributed by atoms with Crippen molar-refractivity contribution in [2.24, 2.45) is 0 Å². The first kappa shape index (κ1) is 5.74. The van der Waals surface area contributed by atoms with Gasteiger partial charge in [-0.3, -0.25) is 0 Å². The summed E-state index contributed by atoms with van der Waals surface area (Å²) in [6, 6.07) is 0. The molecule has 1 heteroatoms. The van der Waals surface area contributed by atoms with Crippen molar-refractivity contribution in [3.05, 3.63) is 18.0 Å². The average molecular weight is 98.2 g/mol. The van der Waals surface area contributed by atoms with Gasteiger partial charge in [-0.2, -0.15) is 0 Å². The van der Waals surface area contributed by atoms with E-state index in [1.54, 1.807) is 0 Å². The maximum absolute atomic E-state index is 3.46. The molecule has 0 nitrogen and oxygen atoms in total. The number of hydrogen-bond acceptors (Lipinski definition) is 0. The van der Waals surface area contributed by atoms with Crippen molar-refractivity contribution in [3.8, 4) is 0 Å². The zero-order chi connectivity index (χ0) is 4.99. The van der Waals surface area contributed by atoms with Gasteiger partial charge in [0.15, 0.2) is 0 Å². The van der Waals surface area contributed by atoms with Crippen molar-refractivity contribution in [2.75, 3.05) is 0 Å². The predicted octanol–water partition coefficient (Wildman–Crippen LogP) is 1.35. The fourth-order valence-electron chi connectivity index (χ4n) is 0.236. The summed E-state index contributed by atoms with van der Waals surface area (Å²) in [6.45, 7) is 7.92. The lowest BCUT2D eigenvalue weighted by Gasteiger charge is -1.81. The summed E-state index contributed by atoms with van der Waals surface area (Å²) in [5, 5.41) is 0. The molecule has 0 aromatic carbocycles. The molecule has 0 saturated heterocycles. The molecule has 0 unspecified atom stereocenters. The zero-order valence-electron chi connectivity index (χ0n) is 4.36. The number of hydrogen-bond donors (Lipinski definition) is 0. The quantitative estimate of drug-likeness (QED) is 0.343. The lowest BCUT2D eigenvalue weighted by molar-refractivity contribution is 1.99. The van der Waals surface area contributed by atoms with Crippen LogP contribution >= 0.6 is 0 Å². The Morgan fingerprint density at radius 1 is 1.67 bits per heavy atom. The van der Waals surface area contributed by atoms with Crippen LogP contribution in [0.1, 0.15) is 0 Å². The minimum atomic E-state index is -0.469. The summed E-state index contributed by atoms with van der Waals surface area (Å²) in [5.41, 5.74) is 4.82. The first-order valence-corrected chi connectivity index (χ1v) is 5.11. The molecule has 34 valence electrons. The summed E-state index contributed by atoms with van der Waals surface area (Å²) in [7, 11) is -0.469. The van der Waals surface area contributed by atoms with Crippen molar-refractivity contribution in [1.29, 1.82) is 0 Å². The van der Waals surface area contributed by atoms with Crippen molar-refractivity contribution in [2.45, 2.75) is 13.1 Å². The second-order valence-electron chi connectivity index (χ2n) is 1.61.